The van der Waals surface area contributed by atoms with E-state index in [9.17, 15) is 19.5 Å². The first-order valence-electron chi connectivity index (χ1n) is 9.65. The number of carbonyl (C=O) groups excluding carboxylic acids is 2. The molecule has 1 aliphatic heterocycles. The quantitative estimate of drug-likeness (QED) is 0.450. The number of para-hydroxylation sites is 1. The lowest BCUT2D eigenvalue weighted by Gasteiger charge is -2.15. The summed E-state index contributed by atoms with van der Waals surface area (Å²) in [6.07, 6.45) is 0.295. The second kappa shape index (κ2) is 8.65. The van der Waals surface area contributed by atoms with Gasteiger partial charge in [0.15, 0.2) is 5.16 Å². The number of H-pyrrole nitrogens is 1. The molecule has 0 bridgehead atoms. The molecule has 8 nitrogen and oxygen atoms in total. The fourth-order valence-corrected chi connectivity index (χ4v) is 4.22. The SMILES string of the molecule is CCc1c(O)nc(SC2CC(=O)N(c3ccc(Oc4ccccc4)cc3)C2=O)[nH]c1=O. The van der Waals surface area contributed by atoms with Crippen LogP contribution in [0.15, 0.2) is 64.5 Å². The third-order valence-corrected chi connectivity index (χ3v) is 5.83. The van der Waals surface area contributed by atoms with Gasteiger partial charge in [-0.2, -0.15) is 4.98 Å². The second-order valence-electron chi connectivity index (χ2n) is 6.81. The van der Waals surface area contributed by atoms with Crippen molar-refractivity contribution < 1.29 is 19.4 Å². The van der Waals surface area contributed by atoms with Gasteiger partial charge in [0.25, 0.3) is 5.56 Å². The van der Waals surface area contributed by atoms with Gasteiger partial charge in [0, 0.05) is 6.42 Å². The molecule has 9 heteroatoms. The summed E-state index contributed by atoms with van der Waals surface area (Å²) in [5.74, 6) is 0.132. The number of ether oxygens (including phenoxy) is 1. The third kappa shape index (κ3) is 4.31. The predicted molar refractivity (Wildman–Crippen MR) is 116 cm³/mol. The zero-order valence-electron chi connectivity index (χ0n) is 16.6. The first-order chi connectivity index (χ1) is 15.0. The number of anilines is 1. The first-order valence-corrected chi connectivity index (χ1v) is 10.5. The van der Waals surface area contributed by atoms with Crippen LogP contribution >= 0.6 is 11.8 Å². The molecule has 1 aromatic heterocycles. The lowest BCUT2D eigenvalue weighted by atomic mass is 10.2. The molecule has 1 saturated heterocycles. The molecule has 0 spiro atoms. The van der Waals surface area contributed by atoms with Crippen LogP contribution < -0.4 is 15.2 Å². The van der Waals surface area contributed by atoms with Crippen LogP contribution in [0.5, 0.6) is 17.4 Å². The van der Waals surface area contributed by atoms with E-state index in [1.807, 2.05) is 30.3 Å². The normalized spacial score (nSPS) is 16.0. The Morgan fingerprint density at radius 2 is 1.77 bits per heavy atom. The molecule has 2 N–H and O–H groups in total. The van der Waals surface area contributed by atoms with Gasteiger partial charge in [0.05, 0.1) is 11.3 Å². The van der Waals surface area contributed by atoms with E-state index in [1.54, 1.807) is 31.2 Å². The lowest BCUT2D eigenvalue weighted by Crippen LogP contribution is -2.31. The number of carbonyl (C=O) groups is 2. The van der Waals surface area contributed by atoms with Crippen molar-refractivity contribution in [2.24, 2.45) is 0 Å². The van der Waals surface area contributed by atoms with E-state index in [1.165, 1.54) is 0 Å². The number of hydrogen-bond donors (Lipinski definition) is 2. The van der Waals surface area contributed by atoms with Gasteiger partial charge in [-0.15, -0.1) is 0 Å². The van der Waals surface area contributed by atoms with E-state index < -0.39 is 16.7 Å². The molecule has 1 fully saturated rings. The molecular weight excluding hydrogens is 418 g/mol. The zero-order chi connectivity index (χ0) is 22.0. The monoisotopic (exact) mass is 437 g/mol. The van der Waals surface area contributed by atoms with Crippen molar-refractivity contribution in [1.82, 2.24) is 9.97 Å². The molecule has 3 aromatic rings. The van der Waals surface area contributed by atoms with Crippen molar-refractivity contribution in [2.45, 2.75) is 30.2 Å². The fraction of sp³-hybridized carbons (Fsp3) is 0.182. The summed E-state index contributed by atoms with van der Waals surface area (Å²) in [6, 6.07) is 15.9. The van der Waals surface area contributed by atoms with E-state index >= 15 is 0 Å². The van der Waals surface area contributed by atoms with Gasteiger partial charge in [-0.3, -0.25) is 14.4 Å². The number of aromatic nitrogens is 2. The van der Waals surface area contributed by atoms with Gasteiger partial charge in [-0.25, -0.2) is 4.90 Å². The summed E-state index contributed by atoms with van der Waals surface area (Å²) in [7, 11) is 0. The maximum Gasteiger partial charge on any atom is 0.258 e. The highest BCUT2D eigenvalue weighted by atomic mass is 32.2. The van der Waals surface area contributed by atoms with E-state index in [0.717, 1.165) is 16.7 Å². The molecule has 158 valence electrons. The molecule has 0 aliphatic carbocycles. The van der Waals surface area contributed by atoms with Crippen LogP contribution in [0, 0.1) is 0 Å². The maximum absolute atomic E-state index is 12.9. The number of benzene rings is 2. The van der Waals surface area contributed by atoms with Gasteiger partial charge < -0.3 is 14.8 Å². The van der Waals surface area contributed by atoms with Gasteiger partial charge in [0.1, 0.15) is 16.7 Å². The first kappa shape index (κ1) is 20.7. The maximum atomic E-state index is 12.9. The highest BCUT2D eigenvalue weighted by Gasteiger charge is 2.40. The molecule has 2 heterocycles. The Balaban J connectivity index is 1.49. The van der Waals surface area contributed by atoms with E-state index in [0.29, 0.717) is 23.6 Å². The molecule has 2 aromatic carbocycles. The summed E-state index contributed by atoms with van der Waals surface area (Å²) in [6.45, 7) is 1.73. The van der Waals surface area contributed by atoms with Gasteiger partial charge >= 0.3 is 0 Å². The molecule has 0 saturated carbocycles. The number of hydrogen-bond acceptors (Lipinski definition) is 7. The minimum absolute atomic E-state index is 0.0359. The average molecular weight is 437 g/mol. The minimum Gasteiger partial charge on any atom is -0.493 e. The Morgan fingerprint density at radius 1 is 1.10 bits per heavy atom. The van der Waals surface area contributed by atoms with Crippen molar-refractivity contribution >= 4 is 29.3 Å². The summed E-state index contributed by atoms with van der Waals surface area (Å²) < 4.78 is 5.73. The molecule has 31 heavy (non-hydrogen) atoms. The number of imide groups is 1. The Bertz CT molecular complexity index is 1180. The number of aromatic amines is 1. The molecule has 0 radical (unpaired) electrons. The number of amides is 2. The average Bonchev–Trinajstić information content (AvgIpc) is 3.02. The van der Waals surface area contributed by atoms with Crippen LogP contribution in [0.4, 0.5) is 5.69 Å². The smallest absolute Gasteiger partial charge is 0.258 e. The number of nitrogens with zero attached hydrogens (tertiary/aromatic N) is 2. The number of nitrogens with one attached hydrogen (secondary N) is 1. The zero-order valence-corrected chi connectivity index (χ0v) is 17.4. The van der Waals surface area contributed by atoms with Crippen molar-refractivity contribution in [2.75, 3.05) is 4.90 Å². The Hall–Kier alpha value is -3.59. The van der Waals surface area contributed by atoms with Gasteiger partial charge in [-0.1, -0.05) is 36.9 Å². The molecule has 1 atom stereocenters. The molecule has 2 amide bonds. The topological polar surface area (TPSA) is 113 Å². The van der Waals surface area contributed by atoms with Crippen molar-refractivity contribution in [3.8, 4) is 17.4 Å². The van der Waals surface area contributed by atoms with Crippen LogP contribution in [0.1, 0.15) is 18.9 Å². The van der Waals surface area contributed by atoms with Crippen LogP contribution in [0.25, 0.3) is 0 Å². The third-order valence-electron chi connectivity index (χ3n) is 4.76. The van der Waals surface area contributed by atoms with Crippen LogP contribution in [-0.2, 0) is 16.0 Å². The van der Waals surface area contributed by atoms with E-state index in [-0.39, 0.29) is 28.9 Å². The van der Waals surface area contributed by atoms with Crippen LogP contribution in [0.3, 0.4) is 0 Å². The minimum atomic E-state index is -0.747. The van der Waals surface area contributed by atoms with Crippen LogP contribution in [-0.4, -0.2) is 32.1 Å². The highest BCUT2D eigenvalue weighted by molar-refractivity contribution is 8.00. The molecule has 1 unspecified atom stereocenters. The number of aromatic hydroxyl groups is 1. The Morgan fingerprint density at radius 3 is 2.42 bits per heavy atom. The Kier molecular flexibility index (Phi) is 5.77. The summed E-state index contributed by atoms with van der Waals surface area (Å²) in [4.78, 5) is 45.0. The Labute approximate surface area is 181 Å². The summed E-state index contributed by atoms with van der Waals surface area (Å²) >= 11 is 0.951. The summed E-state index contributed by atoms with van der Waals surface area (Å²) in [5.41, 5.74) is 0.155. The fourth-order valence-electron chi connectivity index (χ4n) is 3.23. The van der Waals surface area contributed by atoms with Crippen LogP contribution in [0.2, 0.25) is 0 Å². The highest BCUT2D eigenvalue weighted by Crippen LogP contribution is 2.34. The number of rotatable bonds is 6. The van der Waals surface area contributed by atoms with Crippen molar-refractivity contribution in [3.63, 3.8) is 0 Å². The van der Waals surface area contributed by atoms with Gasteiger partial charge in [-0.05, 0) is 42.8 Å². The molecule has 1 aliphatic rings. The molecule has 4 rings (SSSR count). The van der Waals surface area contributed by atoms with Crippen molar-refractivity contribution in [1.29, 1.82) is 0 Å². The van der Waals surface area contributed by atoms with E-state index in [2.05, 4.69) is 9.97 Å². The van der Waals surface area contributed by atoms with Crippen molar-refractivity contribution in [3.05, 3.63) is 70.5 Å². The predicted octanol–water partition coefficient (Wildman–Crippen LogP) is 3.25. The van der Waals surface area contributed by atoms with E-state index in [4.69, 9.17) is 4.74 Å². The standard InChI is InChI=1S/C22H19N3O5S/c1-2-16-19(27)23-22(24-20(16)28)31-17-12-18(26)25(21(17)29)13-8-10-15(11-9-13)30-14-6-4-3-5-7-14/h3-11,17H,2,12H2,1H3,(H2,23,24,27,28). The largest absolute Gasteiger partial charge is 0.493 e. The second-order valence-corrected chi connectivity index (χ2v) is 8.01. The lowest BCUT2D eigenvalue weighted by molar-refractivity contribution is -0.121. The summed E-state index contributed by atoms with van der Waals surface area (Å²) in [5, 5.41) is 9.26. The number of thioether (sulfide) groups is 1. The van der Waals surface area contributed by atoms with Gasteiger partial charge in [0.2, 0.25) is 17.7 Å². The molecular formula is C22H19N3O5S.